The summed E-state index contributed by atoms with van der Waals surface area (Å²) in [5, 5.41) is 2.68. The average molecular weight is 405 g/mol. The van der Waals surface area contributed by atoms with Crippen LogP contribution in [0.25, 0.3) is 0 Å². The summed E-state index contributed by atoms with van der Waals surface area (Å²) in [6, 6.07) is 16.3. The van der Waals surface area contributed by atoms with Crippen LogP contribution < -0.4 is 10.1 Å². The molecule has 7 heteroatoms. The number of carbonyl (C=O) groups excluding carboxylic acids is 1. The van der Waals surface area contributed by atoms with Crippen LogP contribution in [0.5, 0.6) is 5.75 Å². The molecule has 1 N–H and O–H groups in total. The minimum atomic E-state index is -3.49. The molecule has 0 fully saturated rings. The lowest BCUT2D eigenvalue weighted by molar-refractivity contribution is 0.0955. The van der Waals surface area contributed by atoms with E-state index >= 15 is 0 Å². The molecule has 0 radical (unpaired) electrons. The highest BCUT2D eigenvalue weighted by Crippen LogP contribution is 2.13. The van der Waals surface area contributed by atoms with Gasteiger partial charge in [0.15, 0.2) is 0 Å². The number of ether oxygens (including phenoxy) is 1. The average Bonchev–Trinajstić information content (AvgIpc) is 2.71. The van der Waals surface area contributed by atoms with Gasteiger partial charge in [-0.2, -0.15) is 4.31 Å². The molecule has 0 saturated heterocycles. The number of nitrogens with one attached hydrogen (secondary N) is 1. The predicted molar refractivity (Wildman–Crippen MR) is 111 cm³/mol. The van der Waals surface area contributed by atoms with E-state index in [1.807, 2.05) is 37.3 Å². The topological polar surface area (TPSA) is 75.7 Å². The number of nitrogens with zero attached hydrogens (tertiary/aromatic N) is 1. The van der Waals surface area contributed by atoms with Crippen LogP contribution in [-0.2, 0) is 16.6 Å². The summed E-state index contributed by atoms with van der Waals surface area (Å²) in [7, 11) is -1.96. The van der Waals surface area contributed by atoms with E-state index in [0.717, 1.165) is 18.4 Å². The van der Waals surface area contributed by atoms with Crippen molar-refractivity contribution in [3.63, 3.8) is 0 Å². The highest BCUT2D eigenvalue weighted by molar-refractivity contribution is 7.89. The Labute approximate surface area is 167 Å². The maximum atomic E-state index is 12.8. The molecule has 0 saturated carbocycles. The third-order valence-corrected chi connectivity index (χ3v) is 6.15. The molecule has 0 unspecified atom stereocenters. The van der Waals surface area contributed by atoms with E-state index in [1.54, 1.807) is 24.3 Å². The van der Waals surface area contributed by atoms with Gasteiger partial charge in [0.25, 0.3) is 5.91 Å². The van der Waals surface area contributed by atoms with Crippen molar-refractivity contribution in [2.24, 2.45) is 0 Å². The van der Waals surface area contributed by atoms with Crippen molar-refractivity contribution in [3.05, 3.63) is 65.7 Å². The fourth-order valence-electron chi connectivity index (χ4n) is 2.73. The molecule has 2 aromatic rings. The van der Waals surface area contributed by atoms with Crippen LogP contribution in [0.15, 0.2) is 54.6 Å². The summed E-state index contributed by atoms with van der Waals surface area (Å²) >= 11 is 0. The number of methoxy groups -OCH3 is 1. The van der Waals surface area contributed by atoms with Gasteiger partial charge < -0.3 is 10.1 Å². The molecule has 1 amide bonds. The normalized spacial score (nSPS) is 11.4. The van der Waals surface area contributed by atoms with Crippen molar-refractivity contribution in [2.75, 3.05) is 26.0 Å². The molecule has 0 aromatic heterocycles. The first-order valence-corrected chi connectivity index (χ1v) is 11.0. The molecule has 0 aliphatic heterocycles. The first-order chi connectivity index (χ1) is 13.5. The van der Waals surface area contributed by atoms with Gasteiger partial charge in [-0.3, -0.25) is 4.79 Å². The van der Waals surface area contributed by atoms with Crippen molar-refractivity contribution in [2.45, 2.75) is 26.3 Å². The zero-order valence-corrected chi connectivity index (χ0v) is 17.2. The third kappa shape index (κ3) is 6.65. The molecule has 2 aromatic carbocycles. The van der Waals surface area contributed by atoms with E-state index in [9.17, 15) is 13.2 Å². The van der Waals surface area contributed by atoms with E-state index in [4.69, 9.17) is 4.74 Å². The first kappa shape index (κ1) is 21.9. The van der Waals surface area contributed by atoms with Crippen molar-refractivity contribution >= 4 is 15.9 Å². The standard InChI is InChI=1S/C21H28N2O4S/c1-3-4-14-23(17-18-9-6-5-7-10-18)28(25,26)15-13-22-21(24)19-11-8-12-20(16-19)27-2/h5-12,16H,3-4,13-15,17H2,1-2H3,(H,22,24). The number of rotatable bonds is 11. The van der Waals surface area contributed by atoms with Gasteiger partial charge in [0.1, 0.15) is 5.75 Å². The zero-order chi connectivity index (χ0) is 20.4. The van der Waals surface area contributed by atoms with E-state index in [-0.39, 0.29) is 18.2 Å². The Morgan fingerprint density at radius 3 is 2.54 bits per heavy atom. The van der Waals surface area contributed by atoms with Gasteiger partial charge in [0, 0.05) is 25.2 Å². The van der Waals surface area contributed by atoms with E-state index in [0.29, 0.717) is 24.4 Å². The SMILES string of the molecule is CCCCN(Cc1ccccc1)S(=O)(=O)CCNC(=O)c1cccc(OC)c1. The molecule has 0 atom stereocenters. The van der Waals surface area contributed by atoms with Crippen molar-refractivity contribution in [1.82, 2.24) is 9.62 Å². The quantitative estimate of drug-likeness (QED) is 0.625. The smallest absolute Gasteiger partial charge is 0.251 e. The van der Waals surface area contributed by atoms with Crippen LogP contribution in [0.1, 0.15) is 35.7 Å². The number of benzene rings is 2. The second-order valence-electron chi connectivity index (χ2n) is 6.48. The Morgan fingerprint density at radius 2 is 1.86 bits per heavy atom. The summed E-state index contributed by atoms with van der Waals surface area (Å²) in [5.74, 6) is 0.116. The summed E-state index contributed by atoms with van der Waals surface area (Å²) in [6.07, 6.45) is 1.70. The second kappa shape index (κ2) is 10.8. The maximum absolute atomic E-state index is 12.8. The molecule has 2 rings (SSSR count). The summed E-state index contributed by atoms with van der Waals surface area (Å²) < 4.78 is 32.2. The molecule has 28 heavy (non-hydrogen) atoms. The van der Waals surface area contributed by atoms with Gasteiger partial charge in [-0.1, -0.05) is 49.7 Å². The highest BCUT2D eigenvalue weighted by atomic mass is 32.2. The molecule has 152 valence electrons. The van der Waals surface area contributed by atoms with E-state index in [2.05, 4.69) is 5.32 Å². The number of sulfonamides is 1. The summed E-state index contributed by atoms with van der Waals surface area (Å²) in [6.45, 7) is 2.89. The van der Waals surface area contributed by atoms with Gasteiger partial charge >= 0.3 is 0 Å². The highest BCUT2D eigenvalue weighted by Gasteiger charge is 2.22. The van der Waals surface area contributed by atoms with Crippen LogP contribution >= 0.6 is 0 Å². The molecule has 0 bridgehead atoms. The van der Waals surface area contributed by atoms with Crippen LogP contribution in [0.2, 0.25) is 0 Å². The van der Waals surface area contributed by atoms with Crippen molar-refractivity contribution in [3.8, 4) is 5.75 Å². The van der Waals surface area contributed by atoms with Gasteiger partial charge in [-0.25, -0.2) is 8.42 Å². The number of hydrogen-bond donors (Lipinski definition) is 1. The Morgan fingerprint density at radius 1 is 1.11 bits per heavy atom. The first-order valence-electron chi connectivity index (χ1n) is 9.40. The van der Waals surface area contributed by atoms with Gasteiger partial charge in [-0.15, -0.1) is 0 Å². The fourth-order valence-corrected chi connectivity index (χ4v) is 4.10. The largest absolute Gasteiger partial charge is 0.497 e. The molecular formula is C21H28N2O4S. The van der Waals surface area contributed by atoms with Crippen LogP contribution in [0.4, 0.5) is 0 Å². The molecule has 0 aliphatic rings. The van der Waals surface area contributed by atoms with Gasteiger partial charge in [0.05, 0.1) is 12.9 Å². The van der Waals surface area contributed by atoms with Gasteiger partial charge in [-0.05, 0) is 30.2 Å². The molecule has 0 heterocycles. The zero-order valence-electron chi connectivity index (χ0n) is 16.4. The Balaban J connectivity index is 1.97. The number of amides is 1. The minimum Gasteiger partial charge on any atom is -0.497 e. The maximum Gasteiger partial charge on any atom is 0.251 e. The van der Waals surface area contributed by atoms with Crippen LogP contribution in [0.3, 0.4) is 0 Å². The third-order valence-electron chi connectivity index (χ3n) is 4.33. The van der Waals surface area contributed by atoms with Crippen LogP contribution in [0, 0.1) is 0 Å². The molecular weight excluding hydrogens is 376 g/mol. The minimum absolute atomic E-state index is 0.0514. The van der Waals surface area contributed by atoms with Crippen molar-refractivity contribution in [1.29, 1.82) is 0 Å². The molecule has 6 nitrogen and oxygen atoms in total. The van der Waals surface area contributed by atoms with Crippen LogP contribution in [-0.4, -0.2) is 44.6 Å². The van der Waals surface area contributed by atoms with E-state index < -0.39 is 10.0 Å². The Kier molecular flexibility index (Phi) is 8.47. The predicted octanol–water partition coefficient (Wildman–Crippen LogP) is 3.06. The molecule has 0 spiro atoms. The molecule has 0 aliphatic carbocycles. The lowest BCUT2D eigenvalue weighted by Crippen LogP contribution is -2.38. The summed E-state index contributed by atoms with van der Waals surface area (Å²) in [5.41, 5.74) is 1.38. The second-order valence-corrected chi connectivity index (χ2v) is 8.57. The lowest BCUT2D eigenvalue weighted by atomic mass is 10.2. The fraction of sp³-hybridized carbons (Fsp3) is 0.381. The van der Waals surface area contributed by atoms with Gasteiger partial charge in [0.2, 0.25) is 10.0 Å². The monoisotopic (exact) mass is 404 g/mol. The Hall–Kier alpha value is -2.38. The number of carbonyl (C=O) groups is 1. The lowest BCUT2D eigenvalue weighted by Gasteiger charge is -2.22. The number of hydrogen-bond acceptors (Lipinski definition) is 4. The summed E-state index contributed by atoms with van der Waals surface area (Å²) in [4.78, 5) is 12.3. The Bertz CT molecular complexity index is 854. The number of unbranched alkanes of at least 4 members (excludes halogenated alkanes) is 1. The van der Waals surface area contributed by atoms with Crippen molar-refractivity contribution < 1.29 is 17.9 Å². The van der Waals surface area contributed by atoms with E-state index in [1.165, 1.54) is 11.4 Å².